The van der Waals surface area contributed by atoms with Gasteiger partial charge < -0.3 is 14.9 Å². The van der Waals surface area contributed by atoms with Crippen LogP contribution < -0.4 is 18.2 Å². The van der Waals surface area contributed by atoms with Crippen molar-refractivity contribution in [1.82, 2.24) is 19.5 Å². The van der Waals surface area contributed by atoms with Crippen LogP contribution in [0.1, 0.15) is 85.6 Å². The molecule has 0 bridgehead atoms. The Kier molecular flexibility index (Phi) is 11.9. The number of rotatable bonds is 6. The number of halogens is 4. The van der Waals surface area contributed by atoms with Crippen molar-refractivity contribution in [3.8, 4) is 0 Å². The Morgan fingerprint density at radius 1 is 1.14 bits per heavy atom. The van der Waals surface area contributed by atoms with E-state index in [0.29, 0.717) is 43.2 Å². The summed E-state index contributed by atoms with van der Waals surface area (Å²) >= 11 is 5.30. The zero-order valence-corrected chi connectivity index (χ0v) is 31.8. The first-order valence-corrected chi connectivity index (χ1v) is 27.1. The summed E-state index contributed by atoms with van der Waals surface area (Å²) in [7, 11) is 2.02. The number of hydrogen-bond acceptors (Lipinski definition) is 5. The topological polar surface area (TPSA) is 91.0 Å². The molecule has 0 radical (unpaired) electrons. The van der Waals surface area contributed by atoms with Crippen molar-refractivity contribution < 1.29 is 32.3 Å². The van der Waals surface area contributed by atoms with Gasteiger partial charge >= 0.3 is 56.5 Å². The number of carbonyl (C=O) groups is 2. The van der Waals surface area contributed by atoms with Gasteiger partial charge in [-0.3, -0.25) is 9.59 Å². The predicted molar refractivity (Wildman–Crippen MR) is 181 cm³/mol. The number of fused-ring (bicyclic) bond motifs is 1. The Morgan fingerprint density at radius 3 is 2.35 bits per heavy atom. The van der Waals surface area contributed by atoms with E-state index >= 15 is 0 Å². The molecule has 2 aliphatic rings. The van der Waals surface area contributed by atoms with Crippen LogP contribution in [0, 0.1) is 25.2 Å². The number of anilines is 2. The minimum absolute atomic E-state index is 0.129. The Bertz CT molecular complexity index is 1440. The van der Waals surface area contributed by atoms with Gasteiger partial charge in [-0.05, 0) is 62.5 Å². The fourth-order valence-corrected chi connectivity index (χ4v) is 6.43. The molecule has 2 aromatic heterocycles. The summed E-state index contributed by atoms with van der Waals surface area (Å²) in [5, 5.41) is 13.8. The summed E-state index contributed by atoms with van der Waals surface area (Å²) in [5.74, 6) is -0.798. The molecule has 2 fully saturated rings. The molecule has 3 aromatic rings. The van der Waals surface area contributed by atoms with Crippen LogP contribution in [-0.2, 0) is 4.79 Å². The first-order valence-electron chi connectivity index (χ1n) is 14.6. The van der Waals surface area contributed by atoms with Crippen molar-refractivity contribution in [2.24, 2.45) is 11.3 Å². The monoisotopic (exact) mass is 930 g/mol. The number of carboxylic acids is 1. The second kappa shape index (κ2) is 14.9. The molecule has 236 valence electrons. The maximum absolute atomic E-state index is 14.8. The molecule has 1 aliphatic heterocycles. The molecular formula is C31H40FI3N5O3-. The zero-order valence-electron chi connectivity index (χ0n) is 25.3. The average molecular weight is 930 g/mol. The van der Waals surface area contributed by atoms with E-state index in [1.807, 2.05) is 13.1 Å². The summed E-state index contributed by atoms with van der Waals surface area (Å²) in [4.78, 5) is 33.1. The van der Waals surface area contributed by atoms with Crippen LogP contribution in [0.25, 0.3) is 5.65 Å². The molecule has 0 spiro atoms. The third-order valence-corrected chi connectivity index (χ3v) is 8.92. The number of carboxylic acid groups (broad SMARTS) is 1. The molecule has 5 rings (SSSR count). The Morgan fingerprint density at radius 2 is 1.77 bits per heavy atom. The van der Waals surface area contributed by atoms with Gasteiger partial charge in [-0.25, -0.2) is 9.37 Å². The van der Waals surface area contributed by atoms with Gasteiger partial charge in [-0.2, -0.15) is 9.61 Å². The summed E-state index contributed by atoms with van der Waals surface area (Å²) < 4.78 is 16.5. The van der Waals surface area contributed by atoms with E-state index in [1.54, 1.807) is 10.6 Å². The number of benzene rings is 1. The maximum atomic E-state index is 14.8. The third-order valence-electron chi connectivity index (χ3n) is 8.92. The van der Waals surface area contributed by atoms with Gasteiger partial charge in [0.05, 0.1) is 13.0 Å². The van der Waals surface area contributed by atoms with Crippen molar-refractivity contribution in [1.29, 1.82) is 0 Å². The van der Waals surface area contributed by atoms with Crippen LogP contribution in [-0.4, -0.2) is 62.8 Å². The molecule has 1 aromatic carbocycles. The molecule has 43 heavy (non-hydrogen) atoms. The van der Waals surface area contributed by atoms with Crippen LogP contribution in [0.3, 0.4) is 0 Å². The van der Waals surface area contributed by atoms with E-state index in [-0.39, 0.29) is 24.6 Å². The number of para-hydroxylation sites is 1. The Labute approximate surface area is 283 Å². The van der Waals surface area contributed by atoms with Crippen molar-refractivity contribution in [2.75, 3.05) is 25.0 Å². The van der Waals surface area contributed by atoms with Crippen LogP contribution in [0.4, 0.5) is 15.9 Å². The Balaban J connectivity index is 0.00000135. The van der Waals surface area contributed by atoms with Crippen molar-refractivity contribution in [3.05, 3.63) is 52.8 Å². The number of aryl methyl sites for hydroxylation is 2. The van der Waals surface area contributed by atoms with Crippen molar-refractivity contribution in [3.63, 3.8) is 0 Å². The number of amides is 1. The van der Waals surface area contributed by atoms with E-state index in [0.717, 1.165) is 54.0 Å². The van der Waals surface area contributed by atoms with E-state index < -0.39 is 18.1 Å². The summed E-state index contributed by atoms with van der Waals surface area (Å²) in [6, 6.07) is 10.0. The average Bonchev–Trinajstić information content (AvgIpc) is 3.37. The van der Waals surface area contributed by atoms with Gasteiger partial charge in [0.2, 0.25) is 0 Å². The number of likely N-dealkylation sites (tertiary alicyclic amines) is 1. The summed E-state index contributed by atoms with van der Waals surface area (Å²) in [5.41, 5.74) is 5.50. The van der Waals surface area contributed by atoms with Gasteiger partial charge in [0, 0.05) is 48.9 Å². The quantitative estimate of drug-likeness (QED) is 0.356. The van der Waals surface area contributed by atoms with Crippen LogP contribution in [0.5, 0.6) is 0 Å². The number of aromatic nitrogens is 3. The molecule has 12 heteroatoms. The number of hydrogen-bond donors (Lipinski definition) is 1. The number of nitrogens with zero attached hydrogens (tertiary/aromatic N) is 5. The van der Waals surface area contributed by atoms with Gasteiger partial charge in [-0.15, -0.1) is 0 Å². The second-order valence-corrected chi connectivity index (χ2v) is 28.8. The first kappa shape index (κ1) is 34.6. The minimum atomic E-state index is -1.38. The normalized spacial score (nSPS) is 20.5. The van der Waals surface area contributed by atoms with Gasteiger partial charge in [0.25, 0.3) is 5.91 Å². The van der Waals surface area contributed by atoms with Crippen LogP contribution in [0.15, 0.2) is 30.3 Å². The fraction of sp³-hybridized carbons (Fsp3) is 0.548. The van der Waals surface area contributed by atoms with Gasteiger partial charge in [0.1, 0.15) is 12.0 Å². The van der Waals surface area contributed by atoms with E-state index in [4.69, 9.17) is 15.2 Å². The standard InChI is InChI=1S/C31H40FN5O3.I3/c1-19-7-6-8-20(2)29(19)35(5)27-17-24(21-9-12-31(3,4)13-10-21)33-26-16-25(34-37(26)27)30(40)36-14-11-22(15-28(38)39)23(32)18-36;1-3-2/h6-8,16-17,21-23H,9-15,18H2,1-5H3,(H,38,39);/q;-1/t22-,23-;/m0./s1. The SMILES string of the molecule is Cc1cccc(C)c1N(C)c1cc(C2CCC(C)(C)CC2)nc2cc(C(=O)N3CC[C@@H](CC(=O)O)[C@@H](F)C3)nn12.I[I-]I. The molecule has 1 N–H and O–H groups in total. The molecule has 3 heterocycles. The van der Waals surface area contributed by atoms with Crippen LogP contribution >= 0.6 is 37.2 Å². The van der Waals surface area contributed by atoms with Crippen molar-refractivity contribution >= 4 is 66.3 Å². The number of aliphatic carboxylic acids is 1. The predicted octanol–water partition coefficient (Wildman–Crippen LogP) is 4.85. The van der Waals surface area contributed by atoms with E-state index in [2.05, 4.69) is 88.0 Å². The van der Waals surface area contributed by atoms with Crippen molar-refractivity contribution in [2.45, 2.75) is 78.3 Å². The van der Waals surface area contributed by atoms with Gasteiger partial charge in [0.15, 0.2) is 11.3 Å². The molecule has 2 atom stereocenters. The molecule has 1 saturated carbocycles. The first-order chi connectivity index (χ1) is 20.3. The summed E-state index contributed by atoms with van der Waals surface area (Å²) in [6.07, 6.45) is 3.11. The van der Waals surface area contributed by atoms with Gasteiger partial charge in [-0.1, -0.05) is 32.0 Å². The summed E-state index contributed by atoms with van der Waals surface area (Å²) in [6.45, 7) is 8.98. The zero-order chi connectivity index (χ0) is 31.5. The fourth-order valence-electron chi connectivity index (χ4n) is 6.43. The number of alkyl halides is 1. The third kappa shape index (κ3) is 8.30. The van der Waals surface area contributed by atoms with E-state index in [9.17, 15) is 14.0 Å². The van der Waals surface area contributed by atoms with Crippen LogP contribution in [0.2, 0.25) is 0 Å². The molecular weight excluding hydrogens is 890 g/mol. The Hall–Kier alpha value is -1.30. The molecule has 1 amide bonds. The second-order valence-electron chi connectivity index (χ2n) is 12.5. The molecule has 1 saturated heterocycles. The molecule has 8 nitrogen and oxygen atoms in total. The molecule has 1 aliphatic carbocycles. The van der Waals surface area contributed by atoms with E-state index in [1.165, 1.54) is 4.90 Å². The number of carbonyl (C=O) groups excluding carboxylic acids is 1. The number of piperidine rings is 1. The molecule has 0 unspecified atom stereocenters.